The summed E-state index contributed by atoms with van der Waals surface area (Å²) in [5.74, 6) is -1.59. The Bertz CT molecular complexity index is 489. The normalized spacial score (nSPS) is 11.2. The summed E-state index contributed by atoms with van der Waals surface area (Å²) in [6.45, 7) is 1.71. The van der Waals surface area contributed by atoms with Gasteiger partial charge in [0.15, 0.2) is 0 Å². The summed E-state index contributed by atoms with van der Waals surface area (Å²) >= 11 is 5.67. The van der Waals surface area contributed by atoms with Gasteiger partial charge in [-0.25, -0.2) is 4.79 Å². The van der Waals surface area contributed by atoms with E-state index in [-0.39, 0.29) is 28.0 Å². The van der Waals surface area contributed by atoms with Crippen molar-refractivity contribution in [2.24, 2.45) is 0 Å². The van der Waals surface area contributed by atoms with Gasteiger partial charge in [-0.3, -0.25) is 0 Å². The van der Waals surface area contributed by atoms with Gasteiger partial charge in [0.1, 0.15) is 0 Å². The Kier molecular flexibility index (Phi) is 4.73. The molecule has 1 heterocycles. The minimum Gasteiger partial charge on any atom is -0.593 e. The quantitative estimate of drug-likeness (QED) is 0.287. The first-order chi connectivity index (χ1) is 8.49. The van der Waals surface area contributed by atoms with Crippen molar-refractivity contribution in [3.8, 4) is 5.88 Å². The lowest BCUT2D eigenvalue weighted by Crippen LogP contribution is -2.33. The summed E-state index contributed by atoms with van der Waals surface area (Å²) in [5.41, 5.74) is 0.0871. The predicted molar refractivity (Wildman–Crippen MR) is 62.0 cm³/mol. The van der Waals surface area contributed by atoms with Crippen molar-refractivity contribution in [2.75, 3.05) is 13.7 Å². The molecular formula is C10H11ClN2O5. The molecule has 18 heavy (non-hydrogen) atoms. The fourth-order valence-corrected chi connectivity index (χ4v) is 1.22. The molecule has 1 N–H and O–H groups in total. The molecule has 8 heteroatoms. The third kappa shape index (κ3) is 3.24. The molecule has 0 fully saturated rings. The molecule has 0 radical (unpaired) electrons. The Morgan fingerprint density at radius 3 is 2.94 bits per heavy atom. The van der Waals surface area contributed by atoms with Gasteiger partial charge >= 0.3 is 11.1 Å². The van der Waals surface area contributed by atoms with Crippen LogP contribution in [0.25, 0.3) is 6.08 Å². The molecule has 1 aromatic rings. The zero-order valence-corrected chi connectivity index (χ0v) is 10.5. The van der Waals surface area contributed by atoms with Crippen LogP contribution in [-0.4, -0.2) is 29.9 Å². The number of halogens is 1. The number of carbonyl (C=O) groups excluding carboxylic acids is 1. The summed E-state index contributed by atoms with van der Waals surface area (Å²) in [6.07, 6.45) is 0.999. The van der Waals surface area contributed by atoms with E-state index in [2.05, 4.69) is 9.84 Å². The van der Waals surface area contributed by atoms with Gasteiger partial charge in [-0.1, -0.05) is 0 Å². The summed E-state index contributed by atoms with van der Waals surface area (Å²) in [4.78, 5) is 11.3. The highest BCUT2D eigenvalue weighted by molar-refractivity contribution is 6.30. The monoisotopic (exact) mass is 274 g/mol. The first-order valence-electron chi connectivity index (χ1n) is 4.91. The molecule has 7 nitrogen and oxygen atoms in total. The summed E-state index contributed by atoms with van der Waals surface area (Å²) in [7, 11) is 1.31. The van der Waals surface area contributed by atoms with Gasteiger partial charge in [0.25, 0.3) is 5.88 Å². The molecule has 0 saturated heterocycles. The molecule has 0 aromatic carbocycles. The zero-order chi connectivity index (χ0) is 13.7. The van der Waals surface area contributed by atoms with Crippen molar-refractivity contribution >= 4 is 23.6 Å². The van der Waals surface area contributed by atoms with Crippen LogP contribution in [0.2, 0.25) is 5.15 Å². The van der Waals surface area contributed by atoms with Crippen molar-refractivity contribution in [1.82, 2.24) is 5.10 Å². The van der Waals surface area contributed by atoms with Crippen LogP contribution in [0.1, 0.15) is 12.5 Å². The second-order valence-electron chi connectivity index (χ2n) is 3.06. The molecule has 0 unspecified atom stereocenters. The fourth-order valence-electron chi connectivity index (χ4n) is 1.08. The predicted octanol–water partition coefficient (Wildman–Crippen LogP) is 0.839. The molecule has 1 rings (SSSR count). The number of ether oxygens (including phenoxy) is 2. The van der Waals surface area contributed by atoms with Gasteiger partial charge in [-0.15, -0.1) is 0 Å². The van der Waals surface area contributed by atoms with E-state index in [0.717, 1.165) is 6.08 Å². The average molecular weight is 275 g/mol. The number of carbonyl (C=O) groups is 1. The second kappa shape index (κ2) is 6.06. The first kappa shape index (κ1) is 14.0. The number of hydrogen-bond donors (Lipinski definition) is 1. The number of hydrogen-bond acceptors (Lipinski definition) is 6. The molecule has 0 aliphatic rings. The maximum atomic E-state index is 11.3. The number of aliphatic hydroxyl groups excluding tert-OH is 1. The van der Waals surface area contributed by atoms with E-state index in [0.29, 0.717) is 0 Å². The van der Waals surface area contributed by atoms with E-state index < -0.39 is 11.7 Å². The van der Waals surface area contributed by atoms with E-state index in [1.165, 1.54) is 13.2 Å². The van der Waals surface area contributed by atoms with Crippen LogP contribution in [0, 0.1) is 5.21 Å². The van der Waals surface area contributed by atoms with Crippen molar-refractivity contribution in [1.29, 1.82) is 0 Å². The van der Waals surface area contributed by atoms with Crippen molar-refractivity contribution in [3.63, 3.8) is 0 Å². The molecular weight excluding hydrogens is 264 g/mol. The van der Waals surface area contributed by atoms with Crippen LogP contribution < -0.4 is 9.58 Å². The van der Waals surface area contributed by atoms with Crippen LogP contribution in [0.4, 0.5) is 0 Å². The van der Waals surface area contributed by atoms with Gasteiger partial charge in [0, 0.05) is 12.1 Å². The largest absolute Gasteiger partial charge is 0.593 e. The number of methoxy groups -OCH3 is 1. The van der Waals surface area contributed by atoms with Gasteiger partial charge in [-0.2, -0.15) is 0 Å². The smallest absolute Gasteiger partial charge is 0.373 e. The first-order valence-corrected chi connectivity index (χ1v) is 5.29. The molecule has 0 aliphatic heterocycles. The maximum Gasteiger partial charge on any atom is 0.373 e. The zero-order valence-electron chi connectivity index (χ0n) is 9.71. The van der Waals surface area contributed by atoms with Gasteiger partial charge in [0.2, 0.25) is 5.76 Å². The van der Waals surface area contributed by atoms with E-state index in [4.69, 9.17) is 16.3 Å². The average Bonchev–Trinajstić information content (AvgIpc) is 2.34. The maximum absolute atomic E-state index is 11.3. The molecule has 0 spiro atoms. The van der Waals surface area contributed by atoms with E-state index in [1.54, 1.807) is 6.92 Å². The fraction of sp³-hybridized carbons (Fsp3) is 0.300. The van der Waals surface area contributed by atoms with Gasteiger partial charge in [0.05, 0.1) is 24.4 Å². The molecule has 0 atom stereocenters. The molecule has 1 aromatic heterocycles. The summed E-state index contributed by atoms with van der Waals surface area (Å²) in [5, 5.41) is 23.8. The van der Waals surface area contributed by atoms with Crippen molar-refractivity contribution in [3.05, 3.63) is 27.7 Å². The minimum absolute atomic E-state index is 0.00249. The van der Waals surface area contributed by atoms with Crippen molar-refractivity contribution in [2.45, 2.75) is 6.92 Å². The lowest BCUT2D eigenvalue weighted by atomic mass is 10.2. The SMILES string of the molecule is CCOC(=O)/C(O)=C/c1cc(OC)n[n+]([O-])c1Cl. The van der Waals surface area contributed by atoms with Crippen LogP contribution in [-0.2, 0) is 9.53 Å². The van der Waals surface area contributed by atoms with E-state index in [9.17, 15) is 15.1 Å². The van der Waals surface area contributed by atoms with Crippen LogP contribution in [0.5, 0.6) is 5.88 Å². The number of esters is 1. The number of aromatic nitrogens is 2. The highest BCUT2D eigenvalue weighted by Gasteiger charge is 2.16. The number of rotatable bonds is 4. The lowest BCUT2D eigenvalue weighted by molar-refractivity contribution is -0.667. The topological polar surface area (TPSA) is 95.6 Å². The standard InChI is InChI=1S/C10H11ClN2O5/c1-3-18-10(15)7(14)4-6-5-8(17-2)12-13(16)9(6)11/h4-5,14H,3H2,1-2H3/b7-4-. The third-order valence-electron chi connectivity index (χ3n) is 1.86. The molecule has 98 valence electrons. The Labute approximate surface area is 108 Å². The Morgan fingerprint density at radius 1 is 1.72 bits per heavy atom. The summed E-state index contributed by atoms with van der Waals surface area (Å²) in [6, 6.07) is 1.30. The van der Waals surface area contributed by atoms with E-state index >= 15 is 0 Å². The molecule has 0 saturated carbocycles. The number of nitrogens with zero attached hydrogens (tertiary/aromatic N) is 2. The minimum atomic E-state index is -0.915. The highest BCUT2D eigenvalue weighted by Crippen LogP contribution is 2.18. The number of aliphatic hydroxyl groups is 1. The Hall–Kier alpha value is -2.02. The highest BCUT2D eigenvalue weighted by atomic mass is 35.5. The second-order valence-corrected chi connectivity index (χ2v) is 3.41. The van der Waals surface area contributed by atoms with Crippen LogP contribution >= 0.6 is 11.6 Å². The molecule has 0 bridgehead atoms. The van der Waals surface area contributed by atoms with Crippen LogP contribution in [0.3, 0.4) is 0 Å². The van der Waals surface area contributed by atoms with Gasteiger partial charge < -0.3 is 19.8 Å². The third-order valence-corrected chi connectivity index (χ3v) is 2.22. The van der Waals surface area contributed by atoms with Crippen LogP contribution in [0.15, 0.2) is 11.8 Å². The molecule has 0 aliphatic carbocycles. The van der Waals surface area contributed by atoms with Gasteiger partial charge in [-0.05, 0) is 23.4 Å². The Balaban J connectivity index is 3.13. The lowest BCUT2D eigenvalue weighted by Gasteiger charge is -2.03. The Morgan fingerprint density at radius 2 is 2.39 bits per heavy atom. The summed E-state index contributed by atoms with van der Waals surface area (Å²) < 4.78 is 9.33. The van der Waals surface area contributed by atoms with E-state index in [1.807, 2.05) is 0 Å². The molecule has 0 amide bonds. The van der Waals surface area contributed by atoms with Crippen molar-refractivity contribution < 1.29 is 24.2 Å².